The molecular weight excluding hydrogens is 353 g/mol. The molecule has 4 rings (SSSR count). The first-order chi connectivity index (χ1) is 12.4. The number of piperidine rings is 1. The van der Waals surface area contributed by atoms with E-state index in [0.29, 0.717) is 18.5 Å². The maximum Gasteiger partial charge on any atom is 0.263 e. The number of fused-ring (bicyclic) bond motifs is 1. The molecule has 1 aliphatic heterocycles. The summed E-state index contributed by atoms with van der Waals surface area (Å²) in [5.41, 5.74) is 1.42. The van der Waals surface area contributed by atoms with Crippen molar-refractivity contribution in [1.82, 2.24) is 14.5 Å². The molecule has 0 saturated carbocycles. The van der Waals surface area contributed by atoms with Gasteiger partial charge < -0.3 is 5.32 Å². The Morgan fingerprint density at radius 2 is 2.15 bits per heavy atom. The minimum atomic E-state index is -3.79. The summed E-state index contributed by atoms with van der Waals surface area (Å²) in [6, 6.07) is 7.23. The molecule has 5 nitrogen and oxygen atoms in total. The molecule has 26 heavy (non-hydrogen) atoms. The van der Waals surface area contributed by atoms with Gasteiger partial charge in [-0.1, -0.05) is 42.0 Å². The van der Waals surface area contributed by atoms with Crippen LogP contribution >= 0.6 is 0 Å². The second-order valence-corrected chi connectivity index (χ2v) is 9.49. The van der Waals surface area contributed by atoms with Gasteiger partial charge in [0.2, 0.25) is 0 Å². The Kier molecular flexibility index (Phi) is 4.23. The highest BCUT2D eigenvalue weighted by molar-refractivity contribution is 7.91. The van der Waals surface area contributed by atoms with E-state index >= 15 is 0 Å². The van der Waals surface area contributed by atoms with Crippen LogP contribution in [0.2, 0.25) is 0 Å². The average molecular weight is 375 g/mol. The van der Waals surface area contributed by atoms with E-state index in [-0.39, 0.29) is 12.3 Å². The number of nitrogens with one attached hydrogen (secondary N) is 1. The highest BCUT2D eigenvalue weighted by Gasteiger charge is 2.43. The number of rotatable bonds is 3. The summed E-state index contributed by atoms with van der Waals surface area (Å²) in [4.78, 5) is 0. The molecule has 1 aromatic carbocycles. The van der Waals surface area contributed by atoms with Crippen molar-refractivity contribution in [2.75, 3.05) is 13.1 Å². The summed E-state index contributed by atoms with van der Waals surface area (Å²) in [7, 11) is -3.79. The van der Waals surface area contributed by atoms with E-state index in [2.05, 4.69) is 10.4 Å². The predicted molar refractivity (Wildman–Crippen MR) is 100 cm³/mol. The Labute approximate surface area is 152 Å². The van der Waals surface area contributed by atoms with Crippen LogP contribution in [0.4, 0.5) is 4.39 Å². The van der Waals surface area contributed by atoms with E-state index in [1.54, 1.807) is 37.4 Å². The lowest BCUT2D eigenvalue weighted by Gasteiger charge is -2.35. The number of alkyl halides is 1. The molecule has 2 aromatic rings. The van der Waals surface area contributed by atoms with E-state index in [1.807, 2.05) is 18.2 Å². The first-order valence-corrected chi connectivity index (χ1v) is 10.3. The third-order valence-electron chi connectivity index (χ3n) is 5.46. The number of hydrogen-bond donors (Lipinski definition) is 1. The van der Waals surface area contributed by atoms with Gasteiger partial charge in [0.1, 0.15) is 10.9 Å². The molecule has 3 unspecified atom stereocenters. The Balaban J connectivity index is 1.70. The van der Waals surface area contributed by atoms with E-state index in [4.69, 9.17) is 0 Å². The normalized spacial score (nSPS) is 29.7. The van der Waals surface area contributed by atoms with Crippen molar-refractivity contribution in [3.8, 4) is 0 Å². The fourth-order valence-electron chi connectivity index (χ4n) is 3.91. The predicted octanol–water partition coefficient (Wildman–Crippen LogP) is 2.81. The second-order valence-electron chi connectivity index (χ2n) is 7.26. The lowest BCUT2D eigenvalue weighted by atomic mass is 9.81. The van der Waals surface area contributed by atoms with Crippen LogP contribution in [0.1, 0.15) is 19.8 Å². The van der Waals surface area contributed by atoms with Gasteiger partial charge in [-0.15, -0.1) is 0 Å². The number of halogens is 1. The maximum atomic E-state index is 14.4. The van der Waals surface area contributed by atoms with Crippen LogP contribution in [0.5, 0.6) is 0 Å². The summed E-state index contributed by atoms with van der Waals surface area (Å²) in [5, 5.41) is 7.95. The smallest absolute Gasteiger partial charge is 0.263 e. The number of hydrogen-bond acceptors (Lipinski definition) is 4. The molecule has 0 amide bonds. The molecule has 1 saturated heterocycles. The van der Waals surface area contributed by atoms with Crippen molar-refractivity contribution >= 4 is 20.9 Å². The zero-order valence-electron chi connectivity index (χ0n) is 14.6. The van der Waals surface area contributed by atoms with Gasteiger partial charge in [0, 0.05) is 17.8 Å². The van der Waals surface area contributed by atoms with E-state index in [1.165, 1.54) is 0 Å². The molecule has 1 aliphatic carbocycles. The standard InChI is InChI=1S/C19H22FN3O2S/c1-19(9-4-6-14(11-19)16-8-10-21-13-17(16)20)26(24,25)23-18-7-3-2-5-15(18)12-22-23/h2-7,9,12,16-17,21H,8,10-11,13H2,1H3. The van der Waals surface area contributed by atoms with Gasteiger partial charge in [0.15, 0.2) is 0 Å². The summed E-state index contributed by atoms with van der Waals surface area (Å²) in [6.45, 7) is 2.76. The maximum absolute atomic E-state index is 14.4. The quantitative estimate of drug-likeness (QED) is 0.896. The highest BCUT2D eigenvalue weighted by Crippen LogP contribution is 2.38. The Morgan fingerprint density at radius 3 is 2.96 bits per heavy atom. The topological polar surface area (TPSA) is 64.0 Å². The molecule has 1 N–H and O–H groups in total. The van der Waals surface area contributed by atoms with E-state index < -0.39 is 20.9 Å². The number of nitrogens with zero attached hydrogens (tertiary/aromatic N) is 2. The zero-order valence-corrected chi connectivity index (χ0v) is 15.4. The van der Waals surface area contributed by atoms with Crippen molar-refractivity contribution in [1.29, 1.82) is 0 Å². The van der Waals surface area contributed by atoms with Gasteiger partial charge in [-0.05, 0) is 32.4 Å². The lowest BCUT2D eigenvalue weighted by molar-refractivity contribution is 0.201. The van der Waals surface area contributed by atoms with Crippen molar-refractivity contribution in [2.24, 2.45) is 5.92 Å². The van der Waals surface area contributed by atoms with Gasteiger partial charge >= 0.3 is 0 Å². The minimum absolute atomic E-state index is 0.231. The summed E-state index contributed by atoms with van der Waals surface area (Å²) in [6.07, 6.45) is 6.85. The minimum Gasteiger partial charge on any atom is -0.314 e. The monoisotopic (exact) mass is 375 g/mol. The lowest BCUT2D eigenvalue weighted by Crippen LogP contribution is -2.43. The number of para-hydroxylation sites is 1. The molecule has 1 aromatic heterocycles. The molecule has 2 aliphatic rings. The van der Waals surface area contributed by atoms with Crippen molar-refractivity contribution in [3.05, 3.63) is 54.3 Å². The molecule has 0 spiro atoms. The van der Waals surface area contributed by atoms with Crippen LogP contribution in [-0.2, 0) is 10.0 Å². The number of aromatic nitrogens is 2. The zero-order chi connectivity index (χ0) is 18.4. The van der Waals surface area contributed by atoms with Crippen LogP contribution in [0.3, 0.4) is 0 Å². The summed E-state index contributed by atoms with van der Waals surface area (Å²) in [5.74, 6) is -0.231. The average Bonchev–Trinajstić information content (AvgIpc) is 3.07. The Hall–Kier alpha value is -1.99. The SMILES string of the molecule is CC1(S(=O)(=O)n2ncc3ccccc32)C=CC=C(C2CCNCC2F)C1. The van der Waals surface area contributed by atoms with Crippen LogP contribution in [0.15, 0.2) is 54.3 Å². The Bertz CT molecular complexity index is 995. The fourth-order valence-corrected chi connectivity index (χ4v) is 5.50. The molecular formula is C19H22FN3O2S. The van der Waals surface area contributed by atoms with Crippen molar-refractivity contribution in [3.63, 3.8) is 0 Å². The van der Waals surface area contributed by atoms with Gasteiger partial charge in [-0.3, -0.25) is 0 Å². The molecule has 1 fully saturated rings. The number of allylic oxidation sites excluding steroid dienone is 3. The van der Waals surface area contributed by atoms with Crippen LogP contribution in [-0.4, -0.2) is 41.6 Å². The fraction of sp³-hybridized carbons (Fsp3) is 0.421. The third kappa shape index (κ3) is 2.70. The van der Waals surface area contributed by atoms with Crippen molar-refractivity contribution < 1.29 is 12.8 Å². The molecule has 0 bridgehead atoms. The number of benzene rings is 1. The van der Waals surface area contributed by atoms with E-state index in [9.17, 15) is 12.8 Å². The third-order valence-corrected chi connectivity index (χ3v) is 7.67. The molecule has 3 atom stereocenters. The second kappa shape index (κ2) is 6.32. The summed E-state index contributed by atoms with van der Waals surface area (Å²) < 4.78 is 41.1. The van der Waals surface area contributed by atoms with Crippen LogP contribution < -0.4 is 5.32 Å². The molecule has 0 radical (unpaired) electrons. The summed E-state index contributed by atoms with van der Waals surface area (Å²) >= 11 is 0. The molecule has 7 heteroatoms. The highest BCUT2D eigenvalue weighted by atomic mass is 32.2. The molecule has 138 valence electrons. The van der Waals surface area contributed by atoms with E-state index in [0.717, 1.165) is 21.6 Å². The van der Waals surface area contributed by atoms with Gasteiger partial charge in [0.25, 0.3) is 10.0 Å². The van der Waals surface area contributed by atoms with Crippen LogP contribution in [0.25, 0.3) is 10.9 Å². The van der Waals surface area contributed by atoms with Gasteiger partial charge in [-0.2, -0.15) is 9.19 Å². The van der Waals surface area contributed by atoms with Crippen molar-refractivity contribution in [2.45, 2.75) is 30.7 Å². The molecule has 2 heterocycles. The van der Waals surface area contributed by atoms with Gasteiger partial charge in [-0.25, -0.2) is 12.8 Å². The largest absolute Gasteiger partial charge is 0.314 e. The first kappa shape index (κ1) is 17.4. The first-order valence-electron chi connectivity index (χ1n) is 8.83. The Morgan fingerprint density at radius 1 is 1.35 bits per heavy atom. The van der Waals surface area contributed by atoms with Crippen LogP contribution in [0, 0.1) is 5.92 Å². The van der Waals surface area contributed by atoms with Gasteiger partial charge in [0.05, 0.1) is 11.7 Å².